The third-order valence-electron chi connectivity index (χ3n) is 3.67. The molecule has 1 aliphatic rings. The number of piperidine rings is 1. The number of carbonyl (C=O) groups excluding carboxylic acids is 1. The molecule has 2 unspecified atom stereocenters. The lowest BCUT2D eigenvalue weighted by atomic mass is 9.90. The number of hydrogen-bond donors (Lipinski definition) is 2. The van der Waals surface area contributed by atoms with E-state index in [0.29, 0.717) is 17.2 Å². The van der Waals surface area contributed by atoms with Gasteiger partial charge in [-0.3, -0.25) is 4.79 Å². The van der Waals surface area contributed by atoms with E-state index in [-0.39, 0.29) is 11.9 Å². The van der Waals surface area contributed by atoms with E-state index in [4.69, 9.17) is 5.26 Å². The molecule has 1 saturated heterocycles. The lowest BCUT2D eigenvalue weighted by Gasteiger charge is -2.28. The summed E-state index contributed by atoms with van der Waals surface area (Å²) in [5, 5.41) is 15.0. The Balaban J connectivity index is 1.98. The quantitative estimate of drug-likeness (QED) is 0.873. The van der Waals surface area contributed by atoms with Gasteiger partial charge in [0.05, 0.1) is 17.7 Å². The Morgan fingerprint density at radius 1 is 1.58 bits per heavy atom. The number of carbonyl (C=O) groups is 1. The molecule has 1 aromatic carbocycles. The summed E-state index contributed by atoms with van der Waals surface area (Å²) in [6, 6.07) is 8.94. The van der Waals surface area contributed by atoms with Crippen molar-refractivity contribution < 1.29 is 4.79 Å². The second-order valence-corrected chi connectivity index (χ2v) is 4.99. The lowest BCUT2D eigenvalue weighted by Crippen LogP contribution is -2.46. The van der Waals surface area contributed by atoms with Gasteiger partial charge in [-0.15, -0.1) is 0 Å². The summed E-state index contributed by atoms with van der Waals surface area (Å²) in [6.07, 6.45) is 3.15. The third-order valence-corrected chi connectivity index (χ3v) is 3.67. The van der Waals surface area contributed by atoms with Crippen LogP contribution in [0.3, 0.4) is 0 Å². The number of nitrogens with one attached hydrogen (secondary N) is 2. The summed E-state index contributed by atoms with van der Waals surface area (Å²) in [7, 11) is 0. The number of benzene rings is 1. The molecule has 4 nitrogen and oxygen atoms in total. The summed E-state index contributed by atoms with van der Waals surface area (Å²) >= 11 is 0. The molecule has 0 radical (unpaired) electrons. The minimum atomic E-state index is -0.121. The summed E-state index contributed by atoms with van der Waals surface area (Å²) in [5.41, 5.74) is 1.24. The SMILES string of the molecule is CCC1CCNC(C(=O)Nc2cccc(C#N)c2)C1. The second kappa shape index (κ2) is 6.35. The van der Waals surface area contributed by atoms with Crippen molar-refractivity contribution in [3.05, 3.63) is 29.8 Å². The van der Waals surface area contributed by atoms with Crippen LogP contribution >= 0.6 is 0 Å². The fourth-order valence-electron chi connectivity index (χ4n) is 2.46. The topological polar surface area (TPSA) is 64.9 Å². The first-order valence-electron chi connectivity index (χ1n) is 6.77. The van der Waals surface area contributed by atoms with E-state index in [9.17, 15) is 4.79 Å². The minimum absolute atomic E-state index is 0.00626. The first kappa shape index (κ1) is 13.6. The molecule has 100 valence electrons. The van der Waals surface area contributed by atoms with Crippen LogP contribution in [0.5, 0.6) is 0 Å². The van der Waals surface area contributed by atoms with E-state index in [2.05, 4.69) is 23.6 Å². The van der Waals surface area contributed by atoms with Crippen molar-refractivity contribution >= 4 is 11.6 Å². The van der Waals surface area contributed by atoms with E-state index in [0.717, 1.165) is 25.8 Å². The Hall–Kier alpha value is -1.86. The van der Waals surface area contributed by atoms with Crippen LogP contribution < -0.4 is 10.6 Å². The molecule has 0 bridgehead atoms. The molecular weight excluding hydrogens is 238 g/mol. The Kier molecular flexibility index (Phi) is 4.53. The average Bonchev–Trinajstić information content (AvgIpc) is 2.47. The molecule has 19 heavy (non-hydrogen) atoms. The van der Waals surface area contributed by atoms with Gasteiger partial charge in [0.2, 0.25) is 5.91 Å². The number of rotatable bonds is 3. The summed E-state index contributed by atoms with van der Waals surface area (Å²) in [4.78, 5) is 12.2. The molecular formula is C15H19N3O. The maximum atomic E-state index is 12.2. The smallest absolute Gasteiger partial charge is 0.241 e. The normalized spacial score (nSPS) is 22.5. The zero-order valence-electron chi connectivity index (χ0n) is 11.1. The highest BCUT2D eigenvalue weighted by molar-refractivity contribution is 5.95. The van der Waals surface area contributed by atoms with Gasteiger partial charge in [0.25, 0.3) is 0 Å². The number of anilines is 1. The first-order chi connectivity index (χ1) is 9.22. The number of amides is 1. The predicted octanol–water partition coefficient (Wildman–Crippen LogP) is 2.27. The van der Waals surface area contributed by atoms with Gasteiger partial charge in [-0.05, 0) is 43.5 Å². The van der Waals surface area contributed by atoms with Gasteiger partial charge in [-0.2, -0.15) is 5.26 Å². The molecule has 2 rings (SSSR count). The molecule has 0 aromatic heterocycles. The van der Waals surface area contributed by atoms with Crippen LogP contribution in [0.2, 0.25) is 0 Å². The standard InChI is InChI=1S/C15H19N3O/c1-2-11-6-7-17-14(9-11)15(19)18-13-5-3-4-12(8-13)10-16/h3-5,8,11,14,17H,2,6-7,9H2,1H3,(H,18,19). The molecule has 0 saturated carbocycles. The predicted molar refractivity (Wildman–Crippen MR) is 74.6 cm³/mol. The van der Waals surface area contributed by atoms with Crippen molar-refractivity contribution in [3.63, 3.8) is 0 Å². The summed E-state index contributed by atoms with van der Waals surface area (Å²) in [6.45, 7) is 3.07. The van der Waals surface area contributed by atoms with E-state index >= 15 is 0 Å². The van der Waals surface area contributed by atoms with Crippen molar-refractivity contribution in [3.8, 4) is 6.07 Å². The third kappa shape index (κ3) is 3.55. The number of nitriles is 1. The van der Waals surface area contributed by atoms with Gasteiger partial charge < -0.3 is 10.6 Å². The number of nitrogens with zero attached hydrogens (tertiary/aromatic N) is 1. The van der Waals surface area contributed by atoms with Crippen LogP contribution in [0.15, 0.2) is 24.3 Å². The Labute approximate surface area is 113 Å². The van der Waals surface area contributed by atoms with Crippen LogP contribution in [-0.4, -0.2) is 18.5 Å². The molecule has 0 spiro atoms. The van der Waals surface area contributed by atoms with Crippen molar-refractivity contribution in [1.82, 2.24) is 5.32 Å². The van der Waals surface area contributed by atoms with E-state index < -0.39 is 0 Å². The second-order valence-electron chi connectivity index (χ2n) is 4.99. The van der Waals surface area contributed by atoms with Gasteiger partial charge in [-0.1, -0.05) is 19.4 Å². The molecule has 1 fully saturated rings. The largest absolute Gasteiger partial charge is 0.325 e. The van der Waals surface area contributed by atoms with E-state index in [1.165, 1.54) is 0 Å². The molecule has 1 heterocycles. The monoisotopic (exact) mass is 257 g/mol. The molecule has 4 heteroatoms. The average molecular weight is 257 g/mol. The first-order valence-corrected chi connectivity index (χ1v) is 6.77. The van der Waals surface area contributed by atoms with E-state index in [1.54, 1.807) is 24.3 Å². The van der Waals surface area contributed by atoms with Crippen molar-refractivity contribution in [2.24, 2.45) is 5.92 Å². The van der Waals surface area contributed by atoms with Crippen LogP contribution in [-0.2, 0) is 4.79 Å². The highest BCUT2D eigenvalue weighted by Crippen LogP contribution is 2.20. The van der Waals surface area contributed by atoms with Crippen LogP contribution in [0.1, 0.15) is 31.7 Å². The molecule has 0 aliphatic carbocycles. The van der Waals surface area contributed by atoms with Crippen molar-refractivity contribution in [2.45, 2.75) is 32.2 Å². The van der Waals surface area contributed by atoms with Gasteiger partial charge in [0, 0.05) is 5.69 Å². The zero-order valence-corrected chi connectivity index (χ0v) is 11.1. The fraction of sp³-hybridized carbons (Fsp3) is 0.467. The fourth-order valence-corrected chi connectivity index (χ4v) is 2.46. The molecule has 1 aromatic rings. The zero-order chi connectivity index (χ0) is 13.7. The van der Waals surface area contributed by atoms with Crippen LogP contribution in [0.25, 0.3) is 0 Å². The molecule has 1 amide bonds. The van der Waals surface area contributed by atoms with Crippen LogP contribution in [0.4, 0.5) is 5.69 Å². The summed E-state index contributed by atoms with van der Waals surface area (Å²) in [5.74, 6) is 0.621. The highest BCUT2D eigenvalue weighted by atomic mass is 16.2. The van der Waals surface area contributed by atoms with E-state index in [1.807, 2.05) is 0 Å². The maximum Gasteiger partial charge on any atom is 0.241 e. The Morgan fingerprint density at radius 2 is 2.42 bits per heavy atom. The van der Waals surface area contributed by atoms with Gasteiger partial charge in [-0.25, -0.2) is 0 Å². The van der Waals surface area contributed by atoms with Gasteiger partial charge in [0.15, 0.2) is 0 Å². The molecule has 2 N–H and O–H groups in total. The molecule has 2 atom stereocenters. The minimum Gasteiger partial charge on any atom is -0.325 e. The lowest BCUT2D eigenvalue weighted by molar-refractivity contribution is -0.119. The van der Waals surface area contributed by atoms with Gasteiger partial charge in [0.1, 0.15) is 0 Å². The molecule has 1 aliphatic heterocycles. The van der Waals surface area contributed by atoms with Crippen molar-refractivity contribution in [1.29, 1.82) is 5.26 Å². The van der Waals surface area contributed by atoms with Crippen LogP contribution in [0, 0.1) is 17.2 Å². The Bertz CT molecular complexity index is 492. The highest BCUT2D eigenvalue weighted by Gasteiger charge is 2.25. The number of hydrogen-bond acceptors (Lipinski definition) is 3. The Morgan fingerprint density at radius 3 is 3.16 bits per heavy atom. The summed E-state index contributed by atoms with van der Waals surface area (Å²) < 4.78 is 0. The van der Waals surface area contributed by atoms with Crippen molar-refractivity contribution in [2.75, 3.05) is 11.9 Å². The van der Waals surface area contributed by atoms with Gasteiger partial charge >= 0.3 is 0 Å². The maximum absolute atomic E-state index is 12.2.